The summed E-state index contributed by atoms with van der Waals surface area (Å²) < 4.78 is 10.4. The molecule has 1 rings (SSSR count). The SMILES string of the molecule is COCC(C)Oc1cnc(C(C)C)nc1C(=O)O. The Balaban J connectivity index is 3.00. The third-order valence-corrected chi connectivity index (χ3v) is 2.22. The number of aromatic nitrogens is 2. The summed E-state index contributed by atoms with van der Waals surface area (Å²) in [5.41, 5.74) is -0.114. The number of carboxylic acid groups (broad SMARTS) is 1. The Labute approximate surface area is 106 Å². The normalized spacial score (nSPS) is 12.5. The molecule has 0 amide bonds. The Morgan fingerprint density at radius 2 is 2.11 bits per heavy atom. The highest BCUT2D eigenvalue weighted by atomic mass is 16.5. The minimum absolute atomic E-state index is 0.0635. The molecule has 0 bridgehead atoms. The number of aromatic carboxylic acids is 1. The highest BCUT2D eigenvalue weighted by Gasteiger charge is 2.18. The minimum Gasteiger partial charge on any atom is -0.484 e. The maximum absolute atomic E-state index is 11.1. The number of rotatable bonds is 6. The maximum Gasteiger partial charge on any atom is 0.358 e. The lowest BCUT2D eigenvalue weighted by Gasteiger charge is -2.15. The molecule has 0 aliphatic carbocycles. The van der Waals surface area contributed by atoms with E-state index in [1.165, 1.54) is 6.20 Å². The van der Waals surface area contributed by atoms with Gasteiger partial charge in [-0.25, -0.2) is 14.8 Å². The summed E-state index contributed by atoms with van der Waals surface area (Å²) in [5, 5.41) is 9.11. The van der Waals surface area contributed by atoms with E-state index < -0.39 is 5.97 Å². The third-order valence-electron chi connectivity index (χ3n) is 2.22. The zero-order valence-electron chi connectivity index (χ0n) is 11.0. The van der Waals surface area contributed by atoms with Gasteiger partial charge < -0.3 is 14.6 Å². The first-order chi connectivity index (χ1) is 8.45. The van der Waals surface area contributed by atoms with Crippen LogP contribution >= 0.6 is 0 Å². The standard InChI is InChI=1S/C12H18N2O4/c1-7(2)11-13-5-9(10(14-11)12(15)16)18-8(3)6-17-4/h5,7-8H,6H2,1-4H3,(H,15,16). The lowest BCUT2D eigenvalue weighted by Crippen LogP contribution is -2.20. The van der Waals surface area contributed by atoms with Crippen LogP contribution in [0, 0.1) is 0 Å². The summed E-state index contributed by atoms with van der Waals surface area (Å²) in [6, 6.07) is 0. The molecule has 0 saturated carbocycles. The second-order valence-electron chi connectivity index (χ2n) is 4.28. The molecule has 6 nitrogen and oxygen atoms in total. The van der Waals surface area contributed by atoms with Crippen molar-refractivity contribution < 1.29 is 19.4 Å². The molecule has 0 radical (unpaired) electrons. The van der Waals surface area contributed by atoms with Gasteiger partial charge in [0.25, 0.3) is 0 Å². The van der Waals surface area contributed by atoms with E-state index >= 15 is 0 Å². The van der Waals surface area contributed by atoms with Crippen molar-refractivity contribution in [1.82, 2.24) is 9.97 Å². The molecule has 0 aliphatic heterocycles. The van der Waals surface area contributed by atoms with Gasteiger partial charge in [-0.15, -0.1) is 0 Å². The van der Waals surface area contributed by atoms with Crippen LogP contribution in [-0.4, -0.2) is 40.9 Å². The van der Waals surface area contributed by atoms with Crippen LogP contribution in [0.3, 0.4) is 0 Å². The summed E-state index contributed by atoms with van der Waals surface area (Å²) in [7, 11) is 1.55. The Morgan fingerprint density at radius 1 is 1.44 bits per heavy atom. The monoisotopic (exact) mass is 254 g/mol. The fraction of sp³-hybridized carbons (Fsp3) is 0.583. The van der Waals surface area contributed by atoms with Crippen LogP contribution in [0.2, 0.25) is 0 Å². The zero-order valence-corrected chi connectivity index (χ0v) is 11.0. The maximum atomic E-state index is 11.1. The van der Waals surface area contributed by atoms with Gasteiger partial charge in [-0.05, 0) is 6.92 Å². The van der Waals surface area contributed by atoms with Gasteiger partial charge in [-0.1, -0.05) is 13.8 Å². The summed E-state index contributed by atoms with van der Waals surface area (Å²) in [6.45, 7) is 5.95. The molecule has 6 heteroatoms. The molecule has 0 saturated heterocycles. The average Bonchev–Trinajstić information content (AvgIpc) is 2.29. The van der Waals surface area contributed by atoms with Crippen molar-refractivity contribution >= 4 is 5.97 Å². The third kappa shape index (κ3) is 3.66. The Hall–Kier alpha value is -1.69. The second-order valence-corrected chi connectivity index (χ2v) is 4.28. The van der Waals surface area contributed by atoms with Crippen molar-refractivity contribution in [2.75, 3.05) is 13.7 Å². The molecule has 0 spiro atoms. The van der Waals surface area contributed by atoms with Gasteiger partial charge in [0.2, 0.25) is 0 Å². The van der Waals surface area contributed by atoms with Gasteiger partial charge in [0, 0.05) is 13.0 Å². The van der Waals surface area contributed by atoms with Gasteiger partial charge >= 0.3 is 5.97 Å². The van der Waals surface area contributed by atoms with Gasteiger partial charge in [0.1, 0.15) is 11.9 Å². The van der Waals surface area contributed by atoms with Gasteiger partial charge in [0.15, 0.2) is 11.4 Å². The number of nitrogens with zero attached hydrogens (tertiary/aromatic N) is 2. The number of ether oxygens (including phenoxy) is 2. The van der Waals surface area contributed by atoms with Gasteiger partial charge in [0.05, 0.1) is 12.8 Å². The predicted molar refractivity (Wildman–Crippen MR) is 65.0 cm³/mol. The Morgan fingerprint density at radius 3 is 2.61 bits per heavy atom. The largest absolute Gasteiger partial charge is 0.484 e. The average molecular weight is 254 g/mol. The van der Waals surface area contributed by atoms with Crippen LogP contribution in [0.5, 0.6) is 5.75 Å². The van der Waals surface area contributed by atoms with Crippen molar-refractivity contribution in [3.63, 3.8) is 0 Å². The van der Waals surface area contributed by atoms with E-state index in [-0.39, 0.29) is 23.5 Å². The van der Waals surface area contributed by atoms with E-state index in [1.807, 2.05) is 13.8 Å². The van der Waals surface area contributed by atoms with Crippen LogP contribution < -0.4 is 4.74 Å². The molecule has 0 aliphatic rings. The lowest BCUT2D eigenvalue weighted by atomic mass is 10.2. The van der Waals surface area contributed by atoms with Crippen LogP contribution in [0.15, 0.2) is 6.20 Å². The molecule has 0 fully saturated rings. The zero-order chi connectivity index (χ0) is 13.7. The summed E-state index contributed by atoms with van der Waals surface area (Å²) in [4.78, 5) is 19.2. The molecule has 1 heterocycles. The van der Waals surface area contributed by atoms with E-state index in [1.54, 1.807) is 14.0 Å². The number of carbonyl (C=O) groups is 1. The summed E-state index contributed by atoms with van der Waals surface area (Å²) in [6.07, 6.45) is 1.14. The first kappa shape index (κ1) is 14.4. The van der Waals surface area contributed by atoms with E-state index in [4.69, 9.17) is 14.6 Å². The Kier molecular flexibility index (Phi) is 5.03. The molecular weight excluding hydrogens is 236 g/mol. The van der Waals surface area contributed by atoms with Gasteiger partial charge in [-0.3, -0.25) is 0 Å². The molecule has 1 unspecified atom stereocenters. The lowest BCUT2D eigenvalue weighted by molar-refractivity contribution is 0.0663. The highest BCUT2D eigenvalue weighted by Crippen LogP contribution is 2.19. The highest BCUT2D eigenvalue weighted by molar-refractivity contribution is 5.88. The Bertz CT molecular complexity index is 421. The van der Waals surface area contributed by atoms with Crippen molar-refractivity contribution in [3.05, 3.63) is 17.7 Å². The molecule has 0 aromatic carbocycles. The predicted octanol–water partition coefficient (Wildman–Crippen LogP) is 1.71. The minimum atomic E-state index is -1.13. The van der Waals surface area contributed by atoms with Crippen molar-refractivity contribution in [1.29, 1.82) is 0 Å². The molecule has 18 heavy (non-hydrogen) atoms. The van der Waals surface area contributed by atoms with Crippen molar-refractivity contribution in [2.45, 2.75) is 32.8 Å². The molecule has 1 N–H and O–H groups in total. The van der Waals surface area contributed by atoms with E-state index in [0.29, 0.717) is 12.4 Å². The first-order valence-electron chi connectivity index (χ1n) is 5.71. The van der Waals surface area contributed by atoms with Crippen molar-refractivity contribution in [2.24, 2.45) is 0 Å². The fourth-order valence-electron chi connectivity index (χ4n) is 1.39. The quantitative estimate of drug-likeness (QED) is 0.832. The van der Waals surface area contributed by atoms with Crippen LogP contribution in [-0.2, 0) is 4.74 Å². The number of carboxylic acids is 1. The molecule has 1 aromatic heterocycles. The van der Waals surface area contributed by atoms with E-state index in [2.05, 4.69) is 9.97 Å². The molecule has 1 aromatic rings. The molecule has 100 valence electrons. The molecule has 1 atom stereocenters. The number of hydrogen-bond donors (Lipinski definition) is 1. The molecular formula is C12H18N2O4. The van der Waals surface area contributed by atoms with Crippen LogP contribution in [0.25, 0.3) is 0 Å². The topological polar surface area (TPSA) is 81.5 Å². The first-order valence-corrected chi connectivity index (χ1v) is 5.71. The van der Waals surface area contributed by atoms with E-state index in [0.717, 1.165) is 0 Å². The summed E-state index contributed by atoms with van der Waals surface area (Å²) >= 11 is 0. The van der Waals surface area contributed by atoms with Crippen LogP contribution in [0.1, 0.15) is 43.0 Å². The van der Waals surface area contributed by atoms with E-state index in [9.17, 15) is 4.79 Å². The fourth-order valence-corrected chi connectivity index (χ4v) is 1.39. The van der Waals surface area contributed by atoms with Crippen LogP contribution in [0.4, 0.5) is 0 Å². The van der Waals surface area contributed by atoms with Gasteiger partial charge in [-0.2, -0.15) is 0 Å². The second kappa shape index (κ2) is 6.30. The van der Waals surface area contributed by atoms with Crippen molar-refractivity contribution in [3.8, 4) is 5.75 Å². The summed E-state index contributed by atoms with van der Waals surface area (Å²) in [5.74, 6) is -0.414. The smallest absolute Gasteiger partial charge is 0.358 e. The number of hydrogen-bond acceptors (Lipinski definition) is 5. The number of methoxy groups -OCH3 is 1.